The molecule has 13 nitrogen and oxygen atoms in total. The predicted octanol–water partition coefficient (Wildman–Crippen LogP) is 3.68. The fraction of sp³-hybridized carbons (Fsp3) is 0.400. The molecule has 2 aliphatic heterocycles. The molecule has 0 radical (unpaired) electrons. The van der Waals surface area contributed by atoms with Crippen LogP contribution in [0.3, 0.4) is 0 Å². The van der Waals surface area contributed by atoms with Gasteiger partial charge in [0.2, 0.25) is 15.8 Å². The van der Waals surface area contributed by atoms with E-state index in [0.717, 1.165) is 14.7 Å². The lowest BCUT2D eigenvalue weighted by Crippen LogP contribution is -2.61. The van der Waals surface area contributed by atoms with Gasteiger partial charge in [0.25, 0.3) is 12.0 Å². The van der Waals surface area contributed by atoms with Crippen molar-refractivity contribution in [2.45, 2.75) is 50.1 Å². The number of non-ortho nitro benzene ring substituents is 1. The van der Waals surface area contributed by atoms with Crippen LogP contribution in [0, 0.1) is 16.0 Å². The van der Waals surface area contributed by atoms with Crippen LogP contribution in [0.1, 0.15) is 30.2 Å². The largest absolute Gasteiger partial charge is 0.456 e. The Morgan fingerprint density at radius 3 is 2.83 bits per heavy atom. The first-order chi connectivity index (χ1) is 19.2. The summed E-state index contributed by atoms with van der Waals surface area (Å²) in [4.78, 5) is 42.8. The Hall–Kier alpha value is -3.91. The van der Waals surface area contributed by atoms with Crippen LogP contribution in [-0.2, 0) is 27.5 Å². The molecule has 2 aliphatic rings. The number of thiazole rings is 1. The highest BCUT2D eigenvalue weighted by molar-refractivity contribution is 7.98. The molecule has 1 fully saturated rings. The van der Waals surface area contributed by atoms with Gasteiger partial charge in [0.15, 0.2) is 0 Å². The minimum atomic E-state index is -0.850. The minimum Gasteiger partial charge on any atom is -0.456 e. The summed E-state index contributed by atoms with van der Waals surface area (Å²) in [6.07, 6.45) is 6.12. The van der Waals surface area contributed by atoms with Crippen LogP contribution in [0.15, 0.2) is 52.6 Å². The van der Waals surface area contributed by atoms with Gasteiger partial charge < -0.3 is 14.7 Å². The number of carbonyl (C=O) groups excluding carboxylic acids is 2. The molecular weight excluding hydrogens is 558 g/mol. The number of aliphatic hydroxyl groups is 1. The number of imidazole rings is 1. The molecule has 3 aromatic rings. The van der Waals surface area contributed by atoms with Crippen LogP contribution in [0.25, 0.3) is 20.8 Å². The highest BCUT2D eigenvalue weighted by Crippen LogP contribution is 2.48. The Morgan fingerprint density at radius 1 is 1.43 bits per heavy atom. The number of ether oxygens (including phenoxy) is 1. The first kappa shape index (κ1) is 27.6. The summed E-state index contributed by atoms with van der Waals surface area (Å²) in [6, 6.07) is 5.38. The number of amides is 1. The van der Waals surface area contributed by atoms with E-state index in [9.17, 15) is 24.8 Å². The lowest BCUT2D eigenvalue weighted by Gasteiger charge is -2.44. The zero-order valence-electron chi connectivity index (χ0n) is 21.7. The third-order valence-corrected chi connectivity index (χ3v) is 9.17. The number of rotatable bonds is 11. The molecule has 1 amide bonds. The number of aromatic nitrogens is 2. The Bertz CT molecular complexity index is 1570. The topological polar surface area (TPSA) is 167 Å². The quantitative estimate of drug-likeness (QED) is 0.0343. The summed E-state index contributed by atoms with van der Waals surface area (Å²) >= 11 is 3.09. The van der Waals surface area contributed by atoms with Gasteiger partial charge in [-0.1, -0.05) is 28.2 Å². The van der Waals surface area contributed by atoms with Crippen LogP contribution >= 0.6 is 23.1 Å². The molecule has 0 aliphatic carbocycles. The lowest BCUT2D eigenvalue weighted by molar-refractivity contribution is -0.729. The maximum atomic E-state index is 13.4. The number of nitro groups is 1. The molecule has 0 bridgehead atoms. The molecule has 40 heavy (non-hydrogen) atoms. The highest BCUT2D eigenvalue weighted by atomic mass is 32.2. The number of fused-ring (bicyclic) bond motifs is 2. The first-order valence-corrected chi connectivity index (χ1v) is 14.5. The van der Waals surface area contributed by atoms with Gasteiger partial charge in [0, 0.05) is 29.2 Å². The number of β-lactam (4-membered cyclic amide) rings is 1. The standard InChI is InChI=1S/C25H26N7O6S2/c1-14(33)20-18-10-17(19-11-30-13-29(9-3-8-27-28-26)23(39-2)24(30)40-19)21(31(18)22(20)34)25(35)38-12-15-4-6-16(7-5-15)32(36)37/h4-7,11,13-14,18,20,33H,3,8-10,12H2,1-2H3/q+1/t14-,18-,20-/m1/s1. The number of benzene rings is 1. The van der Waals surface area contributed by atoms with Crippen LogP contribution in [0.5, 0.6) is 0 Å². The average Bonchev–Trinajstić information content (AvgIpc) is 3.58. The van der Waals surface area contributed by atoms with E-state index >= 15 is 0 Å². The second-order valence-electron chi connectivity index (χ2n) is 9.51. The van der Waals surface area contributed by atoms with Crippen molar-refractivity contribution in [3.8, 4) is 0 Å². The number of nitrogens with zero attached hydrogens (tertiary/aromatic N) is 7. The Balaban J connectivity index is 1.44. The van der Waals surface area contributed by atoms with Crippen LogP contribution in [0.2, 0.25) is 0 Å². The molecule has 2 aromatic heterocycles. The van der Waals surface area contributed by atoms with Crippen molar-refractivity contribution in [2.24, 2.45) is 11.0 Å². The summed E-state index contributed by atoms with van der Waals surface area (Å²) in [7, 11) is 0. The molecule has 3 atom stereocenters. The number of esters is 1. The van der Waals surface area contributed by atoms with E-state index < -0.39 is 22.9 Å². The van der Waals surface area contributed by atoms with Gasteiger partial charge in [-0.3, -0.25) is 14.9 Å². The monoisotopic (exact) mass is 584 g/mol. The van der Waals surface area contributed by atoms with Crippen molar-refractivity contribution in [1.29, 1.82) is 0 Å². The predicted molar refractivity (Wildman–Crippen MR) is 146 cm³/mol. The Labute approximate surface area is 236 Å². The normalized spacial score (nSPS) is 18.9. The first-order valence-electron chi connectivity index (χ1n) is 12.5. The molecule has 0 spiro atoms. The molecule has 208 valence electrons. The number of hydrogen-bond acceptors (Lipinski definition) is 9. The zero-order valence-corrected chi connectivity index (χ0v) is 23.3. The van der Waals surface area contributed by atoms with Crippen LogP contribution in [0.4, 0.5) is 5.69 Å². The second kappa shape index (κ2) is 11.3. The van der Waals surface area contributed by atoms with E-state index in [4.69, 9.17) is 10.3 Å². The highest BCUT2D eigenvalue weighted by Gasteiger charge is 2.57. The van der Waals surface area contributed by atoms with E-state index in [0.29, 0.717) is 37.1 Å². The van der Waals surface area contributed by atoms with Crippen molar-refractivity contribution >= 4 is 51.1 Å². The molecule has 1 saturated heterocycles. The summed E-state index contributed by atoms with van der Waals surface area (Å²) < 4.78 is 9.65. The van der Waals surface area contributed by atoms with Crippen LogP contribution in [-0.4, -0.2) is 56.2 Å². The molecular formula is C25H26N7O6S2+. The molecule has 1 aromatic carbocycles. The zero-order chi connectivity index (χ0) is 28.6. The number of thioether (sulfide) groups is 1. The number of hydrogen-bond donors (Lipinski definition) is 1. The van der Waals surface area contributed by atoms with Gasteiger partial charge in [-0.05, 0) is 49.2 Å². The fourth-order valence-corrected chi connectivity index (χ4v) is 7.32. The van der Waals surface area contributed by atoms with E-state index in [1.807, 2.05) is 23.2 Å². The third-order valence-electron chi connectivity index (χ3n) is 7.06. The Morgan fingerprint density at radius 2 is 2.17 bits per heavy atom. The maximum Gasteiger partial charge on any atom is 0.355 e. The van der Waals surface area contributed by atoms with Crippen molar-refractivity contribution in [3.63, 3.8) is 0 Å². The van der Waals surface area contributed by atoms with E-state index in [1.165, 1.54) is 40.5 Å². The van der Waals surface area contributed by atoms with Gasteiger partial charge in [0.05, 0.1) is 34.4 Å². The number of aliphatic hydroxyl groups excluding tert-OH is 1. The SMILES string of the molecule is CSc1c2sc(C3=C(C(=O)OCc4ccc([N+](=O)[O-])cc4)N4C(=O)[C@H]([C@@H](C)O)[C@H]4C3)cn2c[n+]1CCCN=[N+]=[N-]. The van der Waals surface area contributed by atoms with Gasteiger partial charge in [-0.2, -0.15) is 4.40 Å². The summed E-state index contributed by atoms with van der Waals surface area (Å²) in [5.74, 6) is -1.58. The summed E-state index contributed by atoms with van der Waals surface area (Å²) in [6.45, 7) is 2.55. The van der Waals surface area contributed by atoms with Crippen molar-refractivity contribution < 1.29 is 28.9 Å². The molecule has 4 heterocycles. The summed E-state index contributed by atoms with van der Waals surface area (Å²) in [5.41, 5.74) is 9.88. The van der Waals surface area contributed by atoms with Gasteiger partial charge in [-0.25, -0.2) is 9.36 Å². The van der Waals surface area contributed by atoms with Gasteiger partial charge in [-0.15, -0.1) is 0 Å². The minimum absolute atomic E-state index is 0.0650. The van der Waals surface area contributed by atoms with Crippen molar-refractivity contribution in [3.05, 3.63) is 73.5 Å². The summed E-state index contributed by atoms with van der Waals surface area (Å²) in [5, 5.41) is 25.7. The average molecular weight is 585 g/mol. The lowest BCUT2D eigenvalue weighted by atomic mass is 9.83. The molecule has 1 N–H and O–H groups in total. The van der Waals surface area contributed by atoms with E-state index in [-0.39, 0.29) is 29.9 Å². The Kier molecular flexibility index (Phi) is 7.81. The molecule has 15 heteroatoms. The number of carbonyl (C=O) groups is 2. The van der Waals surface area contributed by atoms with E-state index in [1.54, 1.807) is 18.7 Å². The van der Waals surface area contributed by atoms with Gasteiger partial charge in [0.1, 0.15) is 18.5 Å². The molecule has 0 saturated carbocycles. The van der Waals surface area contributed by atoms with Crippen molar-refractivity contribution in [2.75, 3.05) is 12.8 Å². The van der Waals surface area contributed by atoms with Crippen molar-refractivity contribution in [1.82, 2.24) is 9.30 Å². The number of aryl methyl sites for hydroxylation is 1. The molecule has 5 rings (SSSR count). The van der Waals surface area contributed by atoms with Crippen LogP contribution < -0.4 is 4.57 Å². The fourth-order valence-electron chi connectivity index (χ4n) is 5.20. The maximum absolute atomic E-state index is 13.4. The van der Waals surface area contributed by atoms with E-state index in [2.05, 4.69) is 14.6 Å². The number of nitro benzene ring substituents is 1. The smallest absolute Gasteiger partial charge is 0.355 e. The van der Waals surface area contributed by atoms with Gasteiger partial charge >= 0.3 is 5.97 Å². The molecule has 0 unspecified atom stereocenters. The number of azide groups is 1. The second-order valence-corrected chi connectivity index (χ2v) is 11.3. The third kappa shape index (κ3) is 4.92.